The first kappa shape index (κ1) is 17.5. The Labute approximate surface area is 137 Å². The highest BCUT2D eigenvalue weighted by atomic mass is 16.4. The summed E-state index contributed by atoms with van der Waals surface area (Å²) in [7, 11) is 0. The van der Waals surface area contributed by atoms with Crippen LogP contribution >= 0.6 is 0 Å². The van der Waals surface area contributed by atoms with E-state index in [1.807, 2.05) is 17.7 Å². The number of carboxylic acid groups (broad SMARTS) is 1. The smallest absolute Gasteiger partial charge is 0.306 e. The number of hydrogen-bond acceptors (Lipinski definition) is 3. The number of nitrogens with one attached hydrogen (secondary N) is 1. The molecule has 2 N–H and O–H groups in total. The molecule has 1 fully saturated rings. The molecule has 1 saturated carbocycles. The lowest BCUT2D eigenvalue weighted by molar-refractivity contribution is -0.142. The number of hydrogen-bond donors (Lipinski definition) is 2. The maximum Gasteiger partial charge on any atom is 0.306 e. The molecular formula is C17H27N3O3. The van der Waals surface area contributed by atoms with E-state index in [1.54, 1.807) is 0 Å². The number of aryl methyl sites for hydroxylation is 1. The van der Waals surface area contributed by atoms with E-state index in [2.05, 4.69) is 24.3 Å². The number of carboxylic acids is 1. The fourth-order valence-corrected chi connectivity index (χ4v) is 3.34. The number of carbonyl (C=O) groups is 2. The van der Waals surface area contributed by atoms with Crippen LogP contribution in [0.5, 0.6) is 0 Å². The van der Waals surface area contributed by atoms with Crippen LogP contribution in [0.4, 0.5) is 0 Å². The van der Waals surface area contributed by atoms with Crippen molar-refractivity contribution in [2.75, 3.05) is 0 Å². The summed E-state index contributed by atoms with van der Waals surface area (Å²) >= 11 is 0. The average Bonchev–Trinajstić information content (AvgIpc) is 2.91. The normalized spacial score (nSPS) is 21.4. The lowest BCUT2D eigenvalue weighted by Gasteiger charge is -2.27. The minimum absolute atomic E-state index is 0.0588. The van der Waals surface area contributed by atoms with Crippen molar-refractivity contribution in [2.45, 2.75) is 71.4 Å². The van der Waals surface area contributed by atoms with Crippen LogP contribution in [0.3, 0.4) is 0 Å². The predicted molar refractivity (Wildman–Crippen MR) is 87.4 cm³/mol. The number of amides is 1. The molecule has 0 atom stereocenters. The molecule has 23 heavy (non-hydrogen) atoms. The Morgan fingerprint density at radius 1 is 1.30 bits per heavy atom. The molecule has 1 amide bonds. The summed E-state index contributed by atoms with van der Waals surface area (Å²) in [6.07, 6.45) is 4.57. The van der Waals surface area contributed by atoms with Gasteiger partial charge in [-0.25, -0.2) is 0 Å². The maximum absolute atomic E-state index is 12.6. The zero-order chi connectivity index (χ0) is 17.0. The van der Waals surface area contributed by atoms with Gasteiger partial charge < -0.3 is 10.4 Å². The van der Waals surface area contributed by atoms with Gasteiger partial charge in [-0.2, -0.15) is 5.10 Å². The Balaban J connectivity index is 2.03. The van der Waals surface area contributed by atoms with E-state index in [4.69, 9.17) is 5.11 Å². The second-order valence-electron chi connectivity index (χ2n) is 6.45. The second-order valence-corrected chi connectivity index (χ2v) is 6.45. The van der Waals surface area contributed by atoms with Crippen molar-refractivity contribution in [1.82, 2.24) is 15.1 Å². The van der Waals surface area contributed by atoms with Crippen LogP contribution in [-0.4, -0.2) is 32.8 Å². The largest absolute Gasteiger partial charge is 0.481 e. The molecule has 1 heterocycles. The van der Waals surface area contributed by atoms with E-state index in [-0.39, 0.29) is 23.9 Å². The third kappa shape index (κ3) is 4.12. The van der Waals surface area contributed by atoms with Crippen LogP contribution in [-0.2, 0) is 4.79 Å². The predicted octanol–water partition coefficient (Wildman–Crippen LogP) is 2.93. The van der Waals surface area contributed by atoms with E-state index < -0.39 is 5.97 Å². The van der Waals surface area contributed by atoms with Crippen molar-refractivity contribution in [2.24, 2.45) is 5.92 Å². The van der Waals surface area contributed by atoms with Gasteiger partial charge in [0, 0.05) is 6.04 Å². The molecule has 0 aliphatic heterocycles. The van der Waals surface area contributed by atoms with Crippen LogP contribution in [0.25, 0.3) is 0 Å². The summed E-state index contributed by atoms with van der Waals surface area (Å²) < 4.78 is 1.84. The lowest BCUT2D eigenvalue weighted by atomic mass is 9.86. The summed E-state index contributed by atoms with van der Waals surface area (Å²) in [5, 5.41) is 16.6. The molecule has 128 valence electrons. The summed E-state index contributed by atoms with van der Waals surface area (Å²) in [6.45, 7) is 6.09. The molecule has 1 aromatic rings. The van der Waals surface area contributed by atoms with Crippen LogP contribution in [0, 0.1) is 12.8 Å². The van der Waals surface area contributed by atoms with Crippen LogP contribution in [0.2, 0.25) is 0 Å². The maximum atomic E-state index is 12.6. The van der Waals surface area contributed by atoms with Crippen molar-refractivity contribution in [3.8, 4) is 0 Å². The van der Waals surface area contributed by atoms with E-state index >= 15 is 0 Å². The number of rotatable bonds is 6. The van der Waals surface area contributed by atoms with Gasteiger partial charge in [-0.1, -0.05) is 13.8 Å². The Bertz CT molecular complexity index is 555. The second kappa shape index (κ2) is 7.62. The molecule has 1 aliphatic rings. The molecular weight excluding hydrogens is 294 g/mol. The molecule has 0 spiro atoms. The van der Waals surface area contributed by atoms with Gasteiger partial charge in [0.1, 0.15) is 5.69 Å². The Kier molecular flexibility index (Phi) is 5.80. The highest BCUT2D eigenvalue weighted by Gasteiger charge is 2.28. The molecule has 0 saturated heterocycles. The molecule has 6 heteroatoms. The summed E-state index contributed by atoms with van der Waals surface area (Å²) in [6, 6.07) is 2.12. The van der Waals surface area contributed by atoms with Crippen LogP contribution in [0.1, 0.15) is 74.6 Å². The lowest BCUT2D eigenvalue weighted by Crippen LogP contribution is -2.39. The van der Waals surface area contributed by atoms with Crippen LogP contribution in [0.15, 0.2) is 6.07 Å². The highest BCUT2D eigenvalue weighted by molar-refractivity contribution is 5.93. The minimum atomic E-state index is -0.725. The molecule has 0 radical (unpaired) electrons. The van der Waals surface area contributed by atoms with Gasteiger partial charge in [-0.3, -0.25) is 14.3 Å². The third-order valence-electron chi connectivity index (χ3n) is 4.79. The van der Waals surface area contributed by atoms with Gasteiger partial charge in [0.2, 0.25) is 0 Å². The molecule has 0 aromatic carbocycles. The molecule has 0 bridgehead atoms. The van der Waals surface area contributed by atoms with Crippen molar-refractivity contribution < 1.29 is 14.7 Å². The zero-order valence-electron chi connectivity index (χ0n) is 14.2. The molecule has 1 aliphatic carbocycles. The number of carbonyl (C=O) groups excluding carboxylic acids is 1. The summed E-state index contributed by atoms with van der Waals surface area (Å²) in [4.78, 5) is 23.6. The van der Waals surface area contributed by atoms with Gasteiger partial charge in [0.05, 0.1) is 17.7 Å². The molecule has 0 unspecified atom stereocenters. The number of aliphatic carboxylic acids is 1. The topological polar surface area (TPSA) is 84.2 Å². The van der Waals surface area contributed by atoms with E-state index in [1.165, 1.54) is 0 Å². The highest BCUT2D eigenvalue weighted by Crippen LogP contribution is 2.25. The summed E-state index contributed by atoms with van der Waals surface area (Å²) in [5.74, 6) is -1.09. The fraction of sp³-hybridized carbons (Fsp3) is 0.706. The Morgan fingerprint density at radius 3 is 2.43 bits per heavy atom. The number of aromatic nitrogens is 2. The van der Waals surface area contributed by atoms with E-state index in [0.29, 0.717) is 18.5 Å². The molecule has 2 rings (SSSR count). The van der Waals surface area contributed by atoms with Crippen LogP contribution < -0.4 is 5.32 Å². The van der Waals surface area contributed by atoms with Gasteiger partial charge >= 0.3 is 5.97 Å². The molecule has 1 aromatic heterocycles. The van der Waals surface area contributed by atoms with Gasteiger partial charge in [-0.05, 0) is 51.5 Å². The van der Waals surface area contributed by atoms with Crippen molar-refractivity contribution in [3.63, 3.8) is 0 Å². The SMILES string of the molecule is CCC(CC)n1nc(C)cc1C(=O)NC1CCC(C(=O)O)CC1. The standard InChI is InChI=1S/C17H27N3O3/c1-4-14(5-2)20-15(10-11(3)19-20)16(21)18-13-8-6-12(7-9-13)17(22)23/h10,12-14H,4-9H2,1-3H3,(H,18,21)(H,22,23). The monoisotopic (exact) mass is 321 g/mol. The van der Waals surface area contributed by atoms with Crippen molar-refractivity contribution in [3.05, 3.63) is 17.5 Å². The molecule has 6 nitrogen and oxygen atoms in total. The first-order valence-electron chi connectivity index (χ1n) is 8.56. The summed E-state index contributed by atoms with van der Waals surface area (Å²) in [5.41, 5.74) is 1.45. The Hall–Kier alpha value is -1.85. The number of nitrogens with zero attached hydrogens (tertiary/aromatic N) is 2. The first-order chi connectivity index (χ1) is 11.0. The Morgan fingerprint density at radius 2 is 1.91 bits per heavy atom. The third-order valence-corrected chi connectivity index (χ3v) is 4.79. The van der Waals surface area contributed by atoms with Gasteiger partial charge in [0.25, 0.3) is 5.91 Å². The zero-order valence-corrected chi connectivity index (χ0v) is 14.2. The quantitative estimate of drug-likeness (QED) is 0.843. The van der Waals surface area contributed by atoms with E-state index in [0.717, 1.165) is 31.4 Å². The first-order valence-corrected chi connectivity index (χ1v) is 8.56. The minimum Gasteiger partial charge on any atom is -0.481 e. The van der Waals surface area contributed by atoms with Gasteiger partial charge in [-0.15, -0.1) is 0 Å². The van der Waals surface area contributed by atoms with Gasteiger partial charge in [0.15, 0.2) is 0 Å². The van der Waals surface area contributed by atoms with Crippen molar-refractivity contribution >= 4 is 11.9 Å². The van der Waals surface area contributed by atoms with Crippen molar-refractivity contribution in [1.29, 1.82) is 0 Å². The average molecular weight is 321 g/mol. The fourth-order valence-electron chi connectivity index (χ4n) is 3.34. The van der Waals surface area contributed by atoms with E-state index in [9.17, 15) is 9.59 Å².